The van der Waals surface area contributed by atoms with Crippen LogP contribution in [0.2, 0.25) is 0 Å². The van der Waals surface area contributed by atoms with Crippen molar-refractivity contribution in [2.45, 2.75) is 51.6 Å². The quantitative estimate of drug-likeness (QED) is 0.905. The lowest BCUT2D eigenvalue weighted by Gasteiger charge is -2.38. The fourth-order valence-electron chi connectivity index (χ4n) is 2.92. The van der Waals surface area contributed by atoms with E-state index in [-0.39, 0.29) is 30.4 Å². The third kappa shape index (κ3) is 5.18. The molecule has 124 valence electrons. The highest BCUT2D eigenvalue weighted by atomic mass is 35.5. The van der Waals surface area contributed by atoms with Gasteiger partial charge in [0.15, 0.2) is 0 Å². The third-order valence-electron chi connectivity index (χ3n) is 4.05. The van der Waals surface area contributed by atoms with Gasteiger partial charge in [-0.2, -0.15) is 0 Å². The topological polar surface area (TPSA) is 55.6 Å². The molecular formula is C17H27ClN2O2. The van der Waals surface area contributed by atoms with Gasteiger partial charge in [-0.1, -0.05) is 12.1 Å². The highest BCUT2D eigenvalue weighted by Gasteiger charge is 2.28. The number of likely N-dealkylation sites (tertiary alicyclic amines) is 1. The molecule has 4 nitrogen and oxygen atoms in total. The molecule has 2 rings (SSSR count). The van der Waals surface area contributed by atoms with Crippen LogP contribution in [-0.4, -0.2) is 36.0 Å². The van der Waals surface area contributed by atoms with Gasteiger partial charge < -0.3 is 15.4 Å². The Morgan fingerprint density at radius 1 is 1.45 bits per heavy atom. The molecule has 1 fully saturated rings. The van der Waals surface area contributed by atoms with E-state index in [9.17, 15) is 4.79 Å². The summed E-state index contributed by atoms with van der Waals surface area (Å²) < 4.78 is 5.67. The molecule has 0 saturated carbocycles. The van der Waals surface area contributed by atoms with Gasteiger partial charge in [0.05, 0.1) is 13.0 Å². The monoisotopic (exact) mass is 326 g/mol. The van der Waals surface area contributed by atoms with E-state index < -0.39 is 0 Å². The van der Waals surface area contributed by atoms with Gasteiger partial charge in [0, 0.05) is 18.6 Å². The summed E-state index contributed by atoms with van der Waals surface area (Å²) in [6.07, 6.45) is 3.67. The Labute approximate surface area is 139 Å². The molecule has 2 N–H and O–H groups in total. The minimum atomic E-state index is 0. The zero-order valence-corrected chi connectivity index (χ0v) is 14.3. The molecule has 0 radical (unpaired) electrons. The van der Waals surface area contributed by atoms with Gasteiger partial charge in [0.2, 0.25) is 5.91 Å². The van der Waals surface area contributed by atoms with Crippen LogP contribution < -0.4 is 10.5 Å². The van der Waals surface area contributed by atoms with Crippen molar-refractivity contribution in [2.75, 3.05) is 13.2 Å². The van der Waals surface area contributed by atoms with E-state index in [0.29, 0.717) is 13.0 Å². The molecule has 0 aliphatic carbocycles. The first kappa shape index (κ1) is 18.8. The van der Waals surface area contributed by atoms with Crippen LogP contribution in [0.3, 0.4) is 0 Å². The molecule has 2 unspecified atom stereocenters. The van der Waals surface area contributed by atoms with Crippen molar-refractivity contribution in [3.63, 3.8) is 0 Å². The van der Waals surface area contributed by atoms with Crippen molar-refractivity contribution >= 4 is 18.3 Å². The summed E-state index contributed by atoms with van der Waals surface area (Å²) in [6, 6.07) is 8.11. The number of halogens is 1. The molecule has 1 saturated heterocycles. The van der Waals surface area contributed by atoms with Gasteiger partial charge in [-0.3, -0.25) is 4.79 Å². The number of amides is 1. The summed E-state index contributed by atoms with van der Waals surface area (Å²) in [5, 5.41) is 0. The van der Waals surface area contributed by atoms with Crippen molar-refractivity contribution in [2.24, 2.45) is 5.73 Å². The Morgan fingerprint density at radius 2 is 2.23 bits per heavy atom. The summed E-state index contributed by atoms with van der Waals surface area (Å²) in [4.78, 5) is 14.3. The number of nitrogens with two attached hydrogens (primary N) is 1. The average Bonchev–Trinajstić information content (AvgIpc) is 2.47. The number of benzene rings is 1. The van der Waals surface area contributed by atoms with E-state index in [1.54, 1.807) is 0 Å². The SMILES string of the molecule is Cc1cccc(OCCC(=O)N2CCCCC2C(C)N)c1.Cl. The highest BCUT2D eigenvalue weighted by Crippen LogP contribution is 2.20. The number of aryl methyl sites for hydroxylation is 1. The second-order valence-corrected chi connectivity index (χ2v) is 5.92. The molecule has 1 aromatic rings. The van der Waals surface area contributed by atoms with E-state index in [1.807, 2.05) is 43.0 Å². The Kier molecular flexibility index (Phi) is 7.69. The minimum absolute atomic E-state index is 0. The average molecular weight is 327 g/mol. The van der Waals surface area contributed by atoms with E-state index in [4.69, 9.17) is 10.5 Å². The summed E-state index contributed by atoms with van der Waals surface area (Å²) in [5.41, 5.74) is 7.17. The molecule has 5 heteroatoms. The molecule has 1 heterocycles. The van der Waals surface area contributed by atoms with Crippen molar-refractivity contribution in [1.29, 1.82) is 0 Å². The van der Waals surface area contributed by atoms with Crippen LogP contribution in [0.5, 0.6) is 5.75 Å². The summed E-state index contributed by atoms with van der Waals surface area (Å²) >= 11 is 0. The number of ether oxygens (including phenoxy) is 1. The minimum Gasteiger partial charge on any atom is -0.493 e. The van der Waals surface area contributed by atoms with Crippen LogP contribution in [-0.2, 0) is 4.79 Å². The lowest BCUT2D eigenvalue weighted by molar-refractivity contribution is -0.135. The van der Waals surface area contributed by atoms with Crippen LogP contribution in [0.1, 0.15) is 38.2 Å². The Balaban J connectivity index is 0.00000242. The third-order valence-corrected chi connectivity index (χ3v) is 4.05. The fraction of sp³-hybridized carbons (Fsp3) is 0.588. The molecule has 1 aromatic carbocycles. The number of carbonyl (C=O) groups is 1. The van der Waals surface area contributed by atoms with Crippen molar-refractivity contribution < 1.29 is 9.53 Å². The highest BCUT2D eigenvalue weighted by molar-refractivity contribution is 5.85. The zero-order valence-electron chi connectivity index (χ0n) is 13.5. The van der Waals surface area contributed by atoms with Gasteiger partial charge in [-0.05, 0) is 50.8 Å². The van der Waals surface area contributed by atoms with Gasteiger partial charge in [-0.15, -0.1) is 12.4 Å². The van der Waals surface area contributed by atoms with Gasteiger partial charge >= 0.3 is 0 Å². The fourth-order valence-corrected chi connectivity index (χ4v) is 2.92. The lowest BCUT2D eigenvalue weighted by Crippen LogP contribution is -2.51. The second kappa shape index (κ2) is 9.01. The Hall–Kier alpha value is -1.26. The van der Waals surface area contributed by atoms with Crippen LogP contribution >= 0.6 is 12.4 Å². The van der Waals surface area contributed by atoms with Crippen molar-refractivity contribution in [3.05, 3.63) is 29.8 Å². The van der Waals surface area contributed by atoms with Gasteiger partial charge in [-0.25, -0.2) is 0 Å². The predicted octanol–water partition coefficient (Wildman–Crippen LogP) is 2.91. The zero-order chi connectivity index (χ0) is 15.2. The molecule has 0 spiro atoms. The summed E-state index contributed by atoms with van der Waals surface area (Å²) in [6.45, 7) is 5.26. The van der Waals surface area contributed by atoms with Crippen LogP contribution in [0.25, 0.3) is 0 Å². The molecular weight excluding hydrogens is 300 g/mol. The number of piperidine rings is 1. The molecule has 1 amide bonds. The van der Waals surface area contributed by atoms with E-state index in [0.717, 1.165) is 37.1 Å². The smallest absolute Gasteiger partial charge is 0.226 e. The second-order valence-electron chi connectivity index (χ2n) is 5.92. The van der Waals surface area contributed by atoms with Crippen LogP contribution in [0.4, 0.5) is 0 Å². The lowest BCUT2D eigenvalue weighted by atomic mass is 9.96. The first-order valence-electron chi connectivity index (χ1n) is 7.82. The summed E-state index contributed by atoms with van der Waals surface area (Å²) in [5.74, 6) is 0.981. The number of carbonyl (C=O) groups excluding carboxylic acids is 1. The predicted molar refractivity (Wildman–Crippen MR) is 91.5 cm³/mol. The van der Waals surface area contributed by atoms with Crippen LogP contribution in [0.15, 0.2) is 24.3 Å². The van der Waals surface area contributed by atoms with E-state index in [1.165, 1.54) is 0 Å². The van der Waals surface area contributed by atoms with Gasteiger partial charge in [0.1, 0.15) is 5.75 Å². The number of rotatable bonds is 5. The Bertz CT molecular complexity index is 479. The molecule has 1 aliphatic heterocycles. The van der Waals surface area contributed by atoms with E-state index in [2.05, 4.69) is 0 Å². The molecule has 22 heavy (non-hydrogen) atoms. The largest absolute Gasteiger partial charge is 0.493 e. The first-order chi connectivity index (χ1) is 10.1. The van der Waals surface area contributed by atoms with Crippen LogP contribution in [0, 0.1) is 6.92 Å². The van der Waals surface area contributed by atoms with Crippen molar-refractivity contribution in [3.8, 4) is 5.75 Å². The molecule has 0 aromatic heterocycles. The Morgan fingerprint density at radius 3 is 2.91 bits per heavy atom. The maximum absolute atomic E-state index is 12.4. The summed E-state index contributed by atoms with van der Waals surface area (Å²) in [7, 11) is 0. The number of nitrogens with zero attached hydrogens (tertiary/aromatic N) is 1. The van der Waals surface area contributed by atoms with Gasteiger partial charge in [0.25, 0.3) is 0 Å². The first-order valence-corrected chi connectivity index (χ1v) is 7.82. The maximum atomic E-state index is 12.4. The normalized spacial score (nSPS) is 19.2. The molecule has 1 aliphatic rings. The molecule has 2 atom stereocenters. The maximum Gasteiger partial charge on any atom is 0.226 e. The molecule has 0 bridgehead atoms. The number of hydrogen-bond acceptors (Lipinski definition) is 3. The van der Waals surface area contributed by atoms with E-state index >= 15 is 0 Å². The van der Waals surface area contributed by atoms with Crippen molar-refractivity contribution in [1.82, 2.24) is 4.90 Å². The number of hydrogen-bond donors (Lipinski definition) is 1. The standard InChI is InChI=1S/C17H26N2O2.ClH/c1-13-6-5-7-15(12-13)21-11-9-17(20)19-10-4-3-8-16(19)14(2)18;/h5-7,12,14,16H,3-4,8-11,18H2,1-2H3;1H.